The number of carboxylic acid groups (broad SMARTS) is 1. The van der Waals surface area contributed by atoms with E-state index in [-0.39, 0.29) is 24.9 Å². The molecule has 1 saturated heterocycles. The zero-order valence-electron chi connectivity index (χ0n) is 14.7. The van der Waals surface area contributed by atoms with Crippen LogP contribution in [0.2, 0.25) is 0 Å². The molecule has 0 aliphatic carbocycles. The Morgan fingerprint density at radius 2 is 1.73 bits per heavy atom. The Balaban J connectivity index is 1.63. The third-order valence-electron chi connectivity index (χ3n) is 4.73. The highest BCUT2D eigenvalue weighted by Gasteiger charge is 2.40. The maximum atomic E-state index is 12.7. The van der Waals surface area contributed by atoms with Crippen LogP contribution < -0.4 is 0 Å². The van der Waals surface area contributed by atoms with Crippen molar-refractivity contribution in [1.29, 1.82) is 0 Å². The highest BCUT2D eigenvalue weighted by atomic mass is 16.4. The van der Waals surface area contributed by atoms with Gasteiger partial charge in [-0.25, -0.2) is 0 Å². The monoisotopic (exact) mass is 354 g/mol. The van der Waals surface area contributed by atoms with E-state index in [1.165, 1.54) is 0 Å². The van der Waals surface area contributed by atoms with Gasteiger partial charge in [-0.05, 0) is 42.4 Å². The Bertz CT molecular complexity index is 754. The van der Waals surface area contributed by atoms with E-state index in [1.807, 2.05) is 36.2 Å². The molecule has 0 saturated carbocycles. The Labute approximate surface area is 152 Å². The van der Waals surface area contributed by atoms with Gasteiger partial charge in [0.15, 0.2) is 0 Å². The summed E-state index contributed by atoms with van der Waals surface area (Å²) in [5.41, 5.74) is 1.99. The average molecular weight is 354 g/mol. The molecule has 1 aliphatic heterocycles. The molecular weight excluding hydrogens is 332 g/mol. The first-order valence-corrected chi connectivity index (χ1v) is 8.52. The van der Waals surface area contributed by atoms with Gasteiger partial charge in [-0.3, -0.25) is 24.5 Å². The zero-order valence-corrected chi connectivity index (χ0v) is 14.7. The third kappa shape index (κ3) is 4.23. The van der Waals surface area contributed by atoms with Crippen molar-refractivity contribution >= 4 is 11.9 Å². The Kier molecular flexibility index (Phi) is 5.58. The largest absolute Gasteiger partial charge is 0.481 e. The minimum Gasteiger partial charge on any atom is -0.481 e. The number of aromatic nitrogens is 2. The summed E-state index contributed by atoms with van der Waals surface area (Å²) >= 11 is 0. The smallest absolute Gasteiger partial charge is 0.308 e. The second-order valence-corrected chi connectivity index (χ2v) is 6.66. The van der Waals surface area contributed by atoms with E-state index in [0.29, 0.717) is 13.1 Å². The number of carboxylic acids is 1. The summed E-state index contributed by atoms with van der Waals surface area (Å²) in [5, 5.41) is 9.55. The number of pyridine rings is 2. The van der Waals surface area contributed by atoms with Crippen molar-refractivity contribution in [2.45, 2.75) is 12.5 Å². The second kappa shape index (κ2) is 8.05. The highest BCUT2D eigenvalue weighted by molar-refractivity contribution is 5.81. The van der Waals surface area contributed by atoms with Gasteiger partial charge >= 0.3 is 5.97 Å². The lowest BCUT2D eigenvalue weighted by Crippen LogP contribution is -2.38. The molecule has 0 unspecified atom stereocenters. The van der Waals surface area contributed by atoms with Crippen LogP contribution in [0.3, 0.4) is 0 Å². The first kappa shape index (κ1) is 18.0. The van der Waals surface area contributed by atoms with Crippen molar-refractivity contribution in [1.82, 2.24) is 19.8 Å². The minimum atomic E-state index is -0.868. The fourth-order valence-electron chi connectivity index (χ4n) is 3.39. The molecule has 0 aromatic carbocycles. The molecule has 26 heavy (non-hydrogen) atoms. The van der Waals surface area contributed by atoms with E-state index < -0.39 is 11.9 Å². The fourth-order valence-corrected chi connectivity index (χ4v) is 3.39. The summed E-state index contributed by atoms with van der Waals surface area (Å²) in [4.78, 5) is 35.9. The van der Waals surface area contributed by atoms with Crippen LogP contribution in [0.4, 0.5) is 0 Å². The van der Waals surface area contributed by atoms with Crippen molar-refractivity contribution in [3.05, 3.63) is 60.2 Å². The summed E-state index contributed by atoms with van der Waals surface area (Å²) in [6.07, 6.45) is 6.76. The molecular formula is C19H22N4O3. The zero-order chi connectivity index (χ0) is 18.5. The lowest BCUT2D eigenvalue weighted by molar-refractivity contribution is -0.141. The Morgan fingerprint density at radius 3 is 2.35 bits per heavy atom. The van der Waals surface area contributed by atoms with Crippen LogP contribution in [-0.2, 0) is 16.1 Å². The number of likely N-dealkylation sites (tertiary alicyclic amines) is 1. The molecule has 1 N–H and O–H groups in total. The lowest BCUT2D eigenvalue weighted by Gasteiger charge is -2.21. The van der Waals surface area contributed by atoms with Crippen molar-refractivity contribution in [2.75, 3.05) is 26.7 Å². The van der Waals surface area contributed by atoms with E-state index in [9.17, 15) is 14.7 Å². The standard InChI is InChI=1S/C19H22N4O3/c1-22(10-14-2-6-20-7-3-14)13-18(24)23-11-16(17(12-23)19(25)26)15-4-8-21-9-5-15/h2-9,16-17H,10-13H2,1H3,(H,25,26)/t16-,17+/m1/s1. The minimum absolute atomic E-state index is 0.0515. The summed E-state index contributed by atoms with van der Waals surface area (Å²) < 4.78 is 0. The number of amides is 1. The average Bonchev–Trinajstić information content (AvgIpc) is 3.09. The number of nitrogens with zero attached hydrogens (tertiary/aromatic N) is 4. The number of hydrogen-bond donors (Lipinski definition) is 1. The van der Waals surface area contributed by atoms with Crippen LogP contribution in [0.5, 0.6) is 0 Å². The fraction of sp³-hybridized carbons (Fsp3) is 0.368. The first-order chi connectivity index (χ1) is 12.5. The number of hydrogen-bond acceptors (Lipinski definition) is 5. The molecule has 0 spiro atoms. The second-order valence-electron chi connectivity index (χ2n) is 6.66. The molecule has 136 valence electrons. The van der Waals surface area contributed by atoms with Crippen LogP contribution in [-0.4, -0.2) is 63.4 Å². The Morgan fingerprint density at radius 1 is 1.12 bits per heavy atom. The summed E-state index contributed by atoms with van der Waals surface area (Å²) in [5.74, 6) is -1.71. The number of carbonyl (C=O) groups excluding carboxylic acids is 1. The van der Waals surface area contributed by atoms with Gasteiger partial charge < -0.3 is 10.0 Å². The number of likely N-dealkylation sites (N-methyl/N-ethyl adjacent to an activating group) is 1. The maximum Gasteiger partial charge on any atom is 0.308 e. The molecule has 1 amide bonds. The van der Waals surface area contributed by atoms with Gasteiger partial charge in [0, 0.05) is 50.3 Å². The van der Waals surface area contributed by atoms with Gasteiger partial charge in [0.1, 0.15) is 0 Å². The topological polar surface area (TPSA) is 86.6 Å². The van der Waals surface area contributed by atoms with E-state index in [0.717, 1.165) is 11.1 Å². The van der Waals surface area contributed by atoms with Crippen molar-refractivity contribution in [3.8, 4) is 0 Å². The normalized spacial score (nSPS) is 19.7. The van der Waals surface area contributed by atoms with Crippen LogP contribution >= 0.6 is 0 Å². The van der Waals surface area contributed by atoms with E-state index in [1.54, 1.807) is 29.7 Å². The number of aliphatic carboxylic acids is 1. The highest BCUT2D eigenvalue weighted by Crippen LogP contribution is 2.32. The van der Waals surface area contributed by atoms with Crippen molar-refractivity contribution in [3.63, 3.8) is 0 Å². The van der Waals surface area contributed by atoms with Crippen LogP contribution in [0, 0.1) is 5.92 Å². The molecule has 0 bridgehead atoms. The summed E-state index contributed by atoms with van der Waals surface area (Å²) in [7, 11) is 1.88. The number of carbonyl (C=O) groups is 2. The molecule has 0 radical (unpaired) electrons. The van der Waals surface area contributed by atoms with Gasteiger partial charge in [-0.1, -0.05) is 0 Å². The third-order valence-corrected chi connectivity index (χ3v) is 4.73. The molecule has 3 heterocycles. The van der Waals surface area contributed by atoms with E-state index >= 15 is 0 Å². The predicted octanol–water partition coefficient (Wildman–Crippen LogP) is 1.24. The quantitative estimate of drug-likeness (QED) is 0.840. The molecule has 7 nitrogen and oxygen atoms in total. The van der Waals surface area contributed by atoms with Gasteiger partial charge in [0.25, 0.3) is 0 Å². The number of rotatable bonds is 6. The molecule has 2 aromatic heterocycles. The molecule has 1 fully saturated rings. The van der Waals surface area contributed by atoms with Gasteiger partial charge in [0.05, 0.1) is 12.5 Å². The first-order valence-electron chi connectivity index (χ1n) is 8.52. The van der Waals surface area contributed by atoms with Crippen molar-refractivity contribution < 1.29 is 14.7 Å². The van der Waals surface area contributed by atoms with Crippen LogP contribution in [0.1, 0.15) is 17.0 Å². The van der Waals surface area contributed by atoms with Crippen molar-refractivity contribution in [2.24, 2.45) is 5.92 Å². The SMILES string of the molecule is CN(CC(=O)N1C[C@H](C(=O)O)[C@@H](c2ccncc2)C1)Cc1ccncc1. The van der Waals surface area contributed by atoms with E-state index in [2.05, 4.69) is 9.97 Å². The molecule has 7 heteroatoms. The van der Waals surface area contributed by atoms with Gasteiger partial charge in [0.2, 0.25) is 5.91 Å². The Hall–Kier alpha value is -2.80. The van der Waals surface area contributed by atoms with Crippen LogP contribution in [0.25, 0.3) is 0 Å². The van der Waals surface area contributed by atoms with Gasteiger partial charge in [-0.15, -0.1) is 0 Å². The summed E-state index contributed by atoms with van der Waals surface area (Å²) in [6, 6.07) is 7.47. The van der Waals surface area contributed by atoms with Gasteiger partial charge in [-0.2, -0.15) is 0 Å². The maximum absolute atomic E-state index is 12.7. The molecule has 1 aliphatic rings. The molecule has 2 atom stereocenters. The summed E-state index contributed by atoms with van der Waals surface area (Å²) in [6.45, 7) is 1.54. The molecule has 2 aromatic rings. The predicted molar refractivity (Wildman–Crippen MR) is 95.3 cm³/mol. The molecule has 3 rings (SSSR count). The van der Waals surface area contributed by atoms with E-state index in [4.69, 9.17) is 0 Å². The van der Waals surface area contributed by atoms with Crippen LogP contribution in [0.15, 0.2) is 49.1 Å². The lowest BCUT2D eigenvalue weighted by atomic mass is 9.90.